The minimum absolute atomic E-state index is 0.145. The summed E-state index contributed by atoms with van der Waals surface area (Å²) in [6.45, 7) is 8.98. The molecular formula is C15H30N2O. The summed E-state index contributed by atoms with van der Waals surface area (Å²) in [4.78, 5) is 2.46. The molecule has 0 aromatic heterocycles. The second-order valence-electron chi connectivity index (χ2n) is 6.32. The Hall–Kier alpha value is -0.120. The zero-order valence-electron chi connectivity index (χ0n) is 12.5. The van der Waals surface area contributed by atoms with Crippen molar-refractivity contribution in [2.45, 2.75) is 76.6 Å². The molecule has 1 N–H and O–H groups in total. The molecule has 18 heavy (non-hydrogen) atoms. The molecule has 0 amide bonds. The number of likely N-dealkylation sites (tertiary alicyclic amines) is 1. The molecule has 3 atom stereocenters. The molecule has 2 aliphatic rings. The van der Waals surface area contributed by atoms with Crippen molar-refractivity contribution in [2.75, 3.05) is 20.2 Å². The first-order valence-corrected chi connectivity index (χ1v) is 7.69. The van der Waals surface area contributed by atoms with Crippen molar-refractivity contribution in [3.8, 4) is 0 Å². The highest BCUT2D eigenvalue weighted by atomic mass is 16.5. The van der Waals surface area contributed by atoms with Gasteiger partial charge in [-0.1, -0.05) is 13.8 Å². The van der Waals surface area contributed by atoms with Crippen LogP contribution in [0.3, 0.4) is 0 Å². The van der Waals surface area contributed by atoms with E-state index in [2.05, 4.69) is 38.0 Å². The third kappa shape index (κ3) is 3.06. The van der Waals surface area contributed by atoms with Gasteiger partial charge in [-0.3, -0.25) is 0 Å². The zero-order valence-corrected chi connectivity index (χ0v) is 12.5. The molecule has 0 aliphatic carbocycles. The Morgan fingerprint density at radius 2 is 2.00 bits per heavy atom. The fourth-order valence-corrected chi connectivity index (χ4v) is 3.56. The molecule has 3 nitrogen and oxygen atoms in total. The molecule has 2 aliphatic heterocycles. The standard InChI is InChI=1S/C15H30N2O/c1-5-15(6-2)10-13(7-8-18-15)16-14-9-12(3)17(4)11-14/h12-14,16H,5-11H2,1-4H3. The van der Waals surface area contributed by atoms with Crippen LogP contribution in [-0.2, 0) is 4.74 Å². The lowest BCUT2D eigenvalue weighted by molar-refractivity contribution is -0.0939. The number of likely N-dealkylation sites (N-methyl/N-ethyl adjacent to an activating group) is 1. The minimum atomic E-state index is 0.145. The lowest BCUT2D eigenvalue weighted by Crippen LogP contribution is -2.49. The van der Waals surface area contributed by atoms with Gasteiger partial charge in [0.15, 0.2) is 0 Å². The van der Waals surface area contributed by atoms with Crippen molar-refractivity contribution in [1.29, 1.82) is 0 Å². The quantitative estimate of drug-likeness (QED) is 0.834. The predicted octanol–water partition coefficient (Wildman–Crippen LogP) is 2.41. The summed E-state index contributed by atoms with van der Waals surface area (Å²) in [5, 5.41) is 3.88. The van der Waals surface area contributed by atoms with Crippen LogP contribution in [0.2, 0.25) is 0 Å². The fourth-order valence-electron chi connectivity index (χ4n) is 3.56. The Morgan fingerprint density at radius 1 is 1.28 bits per heavy atom. The molecule has 0 saturated carbocycles. The van der Waals surface area contributed by atoms with Crippen LogP contribution >= 0.6 is 0 Å². The van der Waals surface area contributed by atoms with Crippen molar-refractivity contribution in [2.24, 2.45) is 0 Å². The van der Waals surface area contributed by atoms with Crippen LogP contribution in [0.25, 0.3) is 0 Å². The van der Waals surface area contributed by atoms with E-state index < -0.39 is 0 Å². The van der Waals surface area contributed by atoms with Crippen LogP contribution in [0.1, 0.15) is 52.9 Å². The summed E-state index contributed by atoms with van der Waals surface area (Å²) in [6.07, 6.45) is 5.94. The topological polar surface area (TPSA) is 24.5 Å². The van der Waals surface area contributed by atoms with Gasteiger partial charge in [-0.05, 0) is 46.1 Å². The van der Waals surface area contributed by atoms with Crippen molar-refractivity contribution >= 4 is 0 Å². The maximum atomic E-state index is 6.05. The van der Waals surface area contributed by atoms with Crippen molar-refractivity contribution in [1.82, 2.24) is 10.2 Å². The van der Waals surface area contributed by atoms with Crippen LogP contribution in [-0.4, -0.2) is 48.8 Å². The molecule has 3 unspecified atom stereocenters. The molecule has 2 rings (SSSR count). The van der Waals surface area contributed by atoms with E-state index in [-0.39, 0.29) is 5.60 Å². The number of ether oxygens (including phenoxy) is 1. The summed E-state index contributed by atoms with van der Waals surface area (Å²) in [5.74, 6) is 0. The van der Waals surface area contributed by atoms with E-state index in [0.29, 0.717) is 12.1 Å². The molecule has 0 aromatic rings. The van der Waals surface area contributed by atoms with Crippen LogP contribution in [0, 0.1) is 0 Å². The molecule has 2 fully saturated rings. The highest BCUT2D eigenvalue weighted by molar-refractivity contribution is 4.92. The van der Waals surface area contributed by atoms with Gasteiger partial charge >= 0.3 is 0 Å². The molecule has 2 saturated heterocycles. The van der Waals surface area contributed by atoms with E-state index in [4.69, 9.17) is 4.74 Å². The van der Waals surface area contributed by atoms with Crippen LogP contribution in [0.4, 0.5) is 0 Å². The first-order valence-electron chi connectivity index (χ1n) is 7.69. The van der Waals surface area contributed by atoms with Gasteiger partial charge in [0.2, 0.25) is 0 Å². The fraction of sp³-hybridized carbons (Fsp3) is 1.00. The van der Waals surface area contributed by atoms with Gasteiger partial charge < -0.3 is 15.0 Å². The molecule has 3 heteroatoms. The van der Waals surface area contributed by atoms with Crippen molar-refractivity contribution in [3.63, 3.8) is 0 Å². The minimum Gasteiger partial charge on any atom is -0.375 e. The van der Waals surface area contributed by atoms with E-state index in [9.17, 15) is 0 Å². The third-order valence-corrected chi connectivity index (χ3v) is 5.14. The predicted molar refractivity (Wildman–Crippen MR) is 75.9 cm³/mol. The molecule has 0 radical (unpaired) electrons. The Bertz CT molecular complexity index is 255. The normalized spacial score (nSPS) is 37.0. The van der Waals surface area contributed by atoms with Gasteiger partial charge in [-0.25, -0.2) is 0 Å². The SMILES string of the molecule is CCC1(CC)CC(NC2CC(C)N(C)C2)CCO1. The molecule has 0 bridgehead atoms. The van der Waals surface area contributed by atoms with Gasteiger partial charge in [0.1, 0.15) is 0 Å². The molecular weight excluding hydrogens is 224 g/mol. The van der Waals surface area contributed by atoms with Crippen LogP contribution < -0.4 is 5.32 Å². The third-order valence-electron chi connectivity index (χ3n) is 5.14. The largest absolute Gasteiger partial charge is 0.375 e. The summed E-state index contributed by atoms with van der Waals surface area (Å²) in [6, 6.07) is 2.06. The Morgan fingerprint density at radius 3 is 2.56 bits per heavy atom. The summed E-state index contributed by atoms with van der Waals surface area (Å²) in [7, 11) is 2.23. The van der Waals surface area contributed by atoms with Crippen molar-refractivity contribution < 1.29 is 4.74 Å². The van der Waals surface area contributed by atoms with Crippen molar-refractivity contribution in [3.05, 3.63) is 0 Å². The van der Waals surface area contributed by atoms with Gasteiger partial charge in [-0.15, -0.1) is 0 Å². The lowest BCUT2D eigenvalue weighted by Gasteiger charge is -2.41. The maximum Gasteiger partial charge on any atom is 0.0692 e. The highest BCUT2D eigenvalue weighted by Gasteiger charge is 2.36. The first kappa shape index (κ1) is 14.3. The molecule has 0 aromatic carbocycles. The number of rotatable bonds is 4. The monoisotopic (exact) mass is 254 g/mol. The average Bonchev–Trinajstić information content (AvgIpc) is 2.68. The number of nitrogens with zero attached hydrogens (tertiary/aromatic N) is 1. The van der Waals surface area contributed by atoms with Gasteiger partial charge in [0, 0.05) is 31.3 Å². The molecule has 106 valence electrons. The van der Waals surface area contributed by atoms with Crippen LogP contribution in [0.5, 0.6) is 0 Å². The van der Waals surface area contributed by atoms with Gasteiger partial charge in [0.25, 0.3) is 0 Å². The molecule has 2 heterocycles. The Balaban J connectivity index is 1.86. The summed E-state index contributed by atoms with van der Waals surface area (Å²) in [5.41, 5.74) is 0.145. The van der Waals surface area contributed by atoms with E-state index in [1.807, 2.05) is 0 Å². The Labute approximate surface area is 112 Å². The second-order valence-corrected chi connectivity index (χ2v) is 6.32. The van der Waals surface area contributed by atoms with E-state index in [0.717, 1.165) is 25.5 Å². The number of hydrogen-bond donors (Lipinski definition) is 1. The smallest absolute Gasteiger partial charge is 0.0692 e. The van der Waals surface area contributed by atoms with Gasteiger partial charge in [-0.2, -0.15) is 0 Å². The number of hydrogen-bond acceptors (Lipinski definition) is 3. The van der Waals surface area contributed by atoms with Crippen LogP contribution in [0.15, 0.2) is 0 Å². The second kappa shape index (κ2) is 5.89. The molecule has 0 spiro atoms. The lowest BCUT2D eigenvalue weighted by atomic mass is 9.85. The van der Waals surface area contributed by atoms with E-state index >= 15 is 0 Å². The highest BCUT2D eigenvalue weighted by Crippen LogP contribution is 2.32. The Kier molecular flexibility index (Phi) is 4.68. The van der Waals surface area contributed by atoms with E-state index in [1.165, 1.54) is 25.8 Å². The average molecular weight is 254 g/mol. The van der Waals surface area contributed by atoms with Gasteiger partial charge in [0.05, 0.1) is 5.60 Å². The van der Waals surface area contributed by atoms with E-state index in [1.54, 1.807) is 0 Å². The summed E-state index contributed by atoms with van der Waals surface area (Å²) < 4.78 is 6.05. The maximum absolute atomic E-state index is 6.05. The number of nitrogens with one attached hydrogen (secondary N) is 1. The summed E-state index contributed by atoms with van der Waals surface area (Å²) >= 11 is 0. The zero-order chi connectivity index (χ0) is 13.2. The first-order chi connectivity index (χ1) is 8.58.